The van der Waals surface area contributed by atoms with Gasteiger partial charge in [-0.15, -0.1) is 0 Å². The molecule has 0 bridgehead atoms. The van der Waals surface area contributed by atoms with Crippen LogP contribution in [0.2, 0.25) is 5.02 Å². The van der Waals surface area contributed by atoms with E-state index in [1.54, 1.807) is 37.8 Å². The number of halogens is 2. The molecule has 0 saturated carbocycles. The molecule has 9 heteroatoms. The third-order valence-electron chi connectivity index (χ3n) is 4.18. The first kappa shape index (κ1) is 22.6. The molecule has 0 aliphatic carbocycles. The second-order valence-corrected chi connectivity index (χ2v) is 7.34. The van der Waals surface area contributed by atoms with E-state index in [1.165, 1.54) is 24.1 Å². The Labute approximate surface area is 189 Å². The highest BCUT2D eigenvalue weighted by Gasteiger charge is 2.06. The number of nitrogens with one attached hydrogen (secondary N) is 2. The topological polar surface area (TPSA) is 72.0 Å². The molecule has 0 atom stereocenters. The molecular formula is C22H21ClFN5OS. The Balaban J connectivity index is 0.000000254. The van der Waals surface area contributed by atoms with Gasteiger partial charge in [-0.2, -0.15) is 0 Å². The summed E-state index contributed by atoms with van der Waals surface area (Å²) in [6.07, 6.45) is 6.95. The fourth-order valence-corrected chi connectivity index (χ4v) is 3.20. The lowest BCUT2D eigenvalue weighted by molar-refractivity contribution is 0.398. The van der Waals surface area contributed by atoms with Crippen molar-refractivity contribution in [1.29, 1.82) is 0 Å². The molecule has 31 heavy (non-hydrogen) atoms. The van der Waals surface area contributed by atoms with Crippen molar-refractivity contribution in [1.82, 2.24) is 15.0 Å². The SMILES string of the molecule is CNc1cc2ncc(-c3cc(F)cc(NSC)c3)cc2cn1.COc1ccc(Cl)cn1. The average molecular weight is 458 g/mol. The number of pyridine rings is 3. The quantitative estimate of drug-likeness (QED) is 0.361. The summed E-state index contributed by atoms with van der Waals surface area (Å²) in [5.41, 5.74) is 3.21. The molecule has 0 unspecified atom stereocenters. The van der Waals surface area contributed by atoms with E-state index in [9.17, 15) is 4.39 Å². The maximum atomic E-state index is 13.8. The van der Waals surface area contributed by atoms with Crippen LogP contribution in [0.3, 0.4) is 0 Å². The van der Waals surface area contributed by atoms with Crippen molar-refractivity contribution in [3.05, 3.63) is 71.9 Å². The van der Waals surface area contributed by atoms with Gasteiger partial charge in [-0.1, -0.05) is 23.5 Å². The first-order chi connectivity index (χ1) is 15.0. The third-order valence-corrected chi connectivity index (χ3v) is 4.85. The smallest absolute Gasteiger partial charge is 0.212 e. The fraction of sp³-hybridized carbons (Fsp3) is 0.136. The van der Waals surface area contributed by atoms with Gasteiger partial charge in [0.05, 0.1) is 17.6 Å². The van der Waals surface area contributed by atoms with Crippen molar-refractivity contribution in [2.75, 3.05) is 30.5 Å². The Bertz CT molecular complexity index is 1160. The Kier molecular flexibility index (Phi) is 7.86. The summed E-state index contributed by atoms with van der Waals surface area (Å²) in [7, 11) is 3.38. The van der Waals surface area contributed by atoms with Gasteiger partial charge >= 0.3 is 0 Å². The van der Waals surface area contributed by atoms with Gasteiger partial charge in [-0.3, -0.25) is 4.98 Å². The van der Waals surface area contributed by atoms with Crippen LogP contribution in [-0.2, 0) is 0 Å². The van der Waals surface area contributed by atoms with Gasteiger partial charge in [0.25, 0.3) is 0 Å². The minimum atomic E-state index is -0.280. The maximum absolute atomic E-state index is 13.8. The Hall–Kier alpha value is -3.10. The average Bonchev–Trinajstić information content (AvgIpc) is 2.79. The molecule has 2 N–H and O–H groups in total. The number of anilines is 2. The van der Waals surface area contributed by atoms with E-state index in [1.807, 2.05) is 31.5 Å². The van der Waals surface area contributed by atoms with Crippen LogP contribution in [0, 0.1) is 5.82 Å². The second-order valence-electron chi connectivity index (χ2n) is 6.29. The van der Waals surface area contributed by atoms with Crippen molar-refractivity contribution >= 4 is 46.0 Å². The Morgan fingerprint density at radius 1 is 0.968 bits per heavy atom. The molecule has 0 aliphatic heterocycles. The van der Waals surface area contributed by atoms with Crippen molar-refractivity contribution < 1.29 is 9.13 Å². The zero-order valence-electron chi connectivity index (χ0n) is 17.2. The van der Waals surface area contributed by atoms with Crippen LogP contribution in [-0.4, -0.2) is 35.4 Å². The van der Waals surface area contributed by atoms with Crippen molar-refractivity contribution in [2.24, 2.45) is 0 Å². The molecule has 4 rings (SSSR count). The van der Waals surface area contributed by atoms with Crippen LogP contribution in [0.5, 0.6) is 5.88 Å². The largest absolute Gasteiger partial charge is 0.481 e. The standard InChI is InChI=1S/C16H15FN4S.C6H6ClNO/c1-18-16-7-15-12(9-20-16)3-11(8-19-15)10-4-13(17)6-14(5-10)21-22-2;1-9-6-3-2-5(7)4-8-6/h3-9,21H,1-2H3,(H,18,20);2-4H,1H3. The molecule has 0 fully saturated rings. The predicted octanol–water partition coefficient (Wildman–Crippen LogP) is 5.91. The number of ether oxygens (including phenoxy) is 1. The van der Waals surface area contributed by atoms with Crippen LogP contribution in [0.15, 0.2) is 61.1 Å². The van der Waals surface area contributed by atoms with E-state index in [-0.39, 0.29) is 5.82 Å². The molecule has 4 aromatic rings. The molecule has 0 amide bonds. The molecule has 0 saturated heterocycles. The van der Waals surface area contributed by atoms with E-state index < -0.39 is 0 Å². The minimum absolute atomic E-state index is 0.280. The van der Waals surface area contributed by atoms with Crippen molar-refractivity contribution in [3.63, 3.8) is 0 Å². The van der Waals surface area contributed by atoms with E-state index in [0.29, 0.717) is 10.9 Å². The number of fused-ring (bicyclic) bond motifs is 1. The summed E-state index contributed by atoms with van der Waals surface area (Å²) in [5, 5.41) is 4.52. The number of nitrogens with zero attached hydrogens (tertiary/aromatic N) is 3. The highest BCUT2D eigenvalue weighted by Crippen LogP contribution is 2.27. The predicted molar refractivity (Wildman–Crippen MR) is 127 cm³/mol. The highest BCUT2D eigenvalue weighted by atomic mass is 35.5. The zero-order valence-corrected chi connectivity index (χ0v) is 18.8. The fourth-order valence-electron chi connectivity index (χ4n) is 2.73. The molecule has 0 aliphatic rings. The number of methoxy groups -OCH3 is 1. The first-order valence-corrected chi connectivity index (χ1v) is 10.8. The molecule has 6 nitrogen and oxygen atoms in total. The summed E-state index contributed by atoms with van der Waals surface area (Å²) in [6.45, 7) is 0. The molecule has 0 spiro atoms. The van der Waals surface area contributed by atoms with Crippen LogP contribution in [0.25, 0.3) is 22.0 Å². The van der Waals surface area contributed by atoms with Crippen LogP contribution in [0.4, 0.5) is 15.9 Å². The molecule has 1 aromatic carbocycles. The van der Waals surface area contributed by atoms with Gasteiger partial charge < -0.3 is 14.8 Å². The first-order valence-electron chi connectivity index (χ1n) is 9.21. The number of benzene rings is 1. The highest BCUT2D eigenvalue weighted by molar-refractivity contribution is 7.99. The Morgan fingerprint density at radius 3 is 2.48 bits per heavy atom. The summed E-state index contributed by atoms with van der Waals surface area (Å²) in [5.74, 6) is 1.07. The number of hydrogen-bond donors (Lipinski definition) is 2. The van der Waals surface area contributed by atoms with Gasteiger partial charge in [0.2, 0.25) is 5.88 Å². The zero-order chi connectivity index (χ0) is 22.2. The van der Waals surface area contributed by atoms with Crippen LogP contribution in [0.1, 0.15) is 0 Å². The van der Waals surface area contributed by atoms with Gasteiger partial charge in [-0.05, 0) is 35.9 Å². The van der Waals surface area contributed by atoms with E-state index >= 15 is 0 Å². The second kappa shape index (κ2) is 10.8. The number of hydrogen-bond acceptors (Lipinski definition) is 7. The summed E-state index contributed by atoms with van der Waals surface area (Å²) < 4.78 is 21.6. The van der Waals surface area contributed by atoms with Crippen LogP contribution < -0.4 is 14.8 Å². The van der Waals surface area contributed by atoms with Crippen molar-refractivity contribution in [2.45, 2.75) is 0 Å². The lowest BCUT2D eigenvalue weighted by atomic mass is 10.1. The van der Waals surface area contributed by atoms with Crippen LogP contribution >= 0.6 is 23.5 Å². The maximum Gasteiger partial charge on any atom is 0.212 e. The monoisotopic (exact) mass is 457 g/mol. The molecule has 160 valence electrons. The lowest BCUT2D eigenvalue weighted by Gasteiger charge is -2.08. The van der Waals surface area contributed by atoms with E-state index in [2.05, 4.69) is 25.0 Å². The molecule has 3 aromatic heterocycles. The summed E-state index contributed by atoms with van der Waals surface area (Å²) in [4.78, 5) is 12.6. The van der Waals surface area contributed by atoms with Gasteiger partial charge in [0.1, 0.15) is 11.6 Å². The molecule has 3 heterocycles. The Morgan fingerprint density at radius 2 is 1.81 bits per heavy atom. The summed E-state index contributed by atoms with van der Waals surface area (Å²) in [6, 6.07) is 12.2. The van der Waals surface area contributed by atoms with Gasteiger partial charge in [0, 0.05) is 60.7 Å². The number of aromatic nitrogens is 3. The number of rotatable bonds is 5. The summed E-state index contributed by atoms with van der Waals surface area (Å²) >= 11 is 6.98. The molecule has 0 radical (unpaired) electrons. The van der Waals surface area contributed by atoms with Gasteiger partial charge in [0.15, 0.2) is 0 Å². The van der Waals surface area contributed by atoms with E-state index in [0.717, 1.165) is 33.5 Å². The lowest BCUT2D eigenvalue weighted by Crippen LogP contribution is -1.93. The third kappa shape index (κ3) is 6.19. The normalized spacial score (nSPS) is 10.2. The van der Waals surface area contributed by atoms with E-state index in [4.69, 9.17) is 16.3 Å². The van der Waals surface area contributed by atoms with Gasteiger partial charge in [-0.25, -0.2) is 14.4 Å². The molecular weight excluding hydrogens is 437 g/mol. The minimum Gasteiger partial charge on any atom is -0.481 e. The van der Waals surface area contributed by atoms with Crippen molar-refractivity contribution in [3.8, 4) is 17.0 Å².